The number of aromatic nitrogens is 2. The maximum Gasteiger partial charge on any atom is 0.0847 e. The molecule has 0 amide bonds. The van der Waals surface area contributed by atoms with Crippen molar-refractivity contribution in [1.29, 1.82) is 0 Å². The van der Waals surface area contributed by atoms with Crippen molar-refractivity contribution in [2.24, 2.45) is 12.5 Å². The topological polar surface area (TPSA) is 39.1 Å². The van der Waals surface area contributed by atoms with Gasteiger partial charge in [0.1, 0.15) is 0 Å². The first-order valence-corrected chi connectivity index (χ1v) is 7.33. The van der Waals surface area contributed by atoms with Gasteiger partial charge in [0.2, 0.25) is 0 Å². The Morgan fingerprint density at radius 2 is 2.21 bits per heavy atom. The minimum Gasteiger partial charge on any atom is -0.383 e. The van der Waals surface area contributed by atoms with Crippen molar-refractivity contribution in [1.82, 2.24) is 15.1 Å². The highest BCUT2D eigenvalue weighted by molar-refractivity contribution is 6.31. The van der Waals surface area contributed by atoms with Crippen molar-refractivity contribution in [3.63, 3.8) is 0 Å². The summed E-state index contributed by atoms with van der Waals surface area (Å²) in [6, 6.07) is 0. The van der Waals surface area contributed by atoms with Crippen molar-refractivity contribution in [2.75, 3.05) is 26.8 Å². The minimum absolute atomic E-state index is 0.359. The molecule has 0 saturated heterocycles. The van der Waals surface area contributed by atoms with Crippen LogP contribution in [0.5, 0.6) is 0 Å². The van der Waals surface area contributed by atoms with E-state index in [-0.39, 0.29) is 0 Å². The zero-order valence-corrected chi connectivity index (χ0v) is 12.9. The second-order valence-electron chi connectivity index (χ2n) is 5.67. The average molecular weight is 286 g/mol. The van der Waals surface area contributed by atoms with Crippen molar-refractivity contribution < 1.29 is 4.74 Å². The number of nitrogens with zero attached hydrogens (tertiary/aromatic N) is 2. The summed E-state index contributed by atoms with van der Waals surface area (Å²) in [5.74, 6) is 0. The summed E-state index contributed by atoms with van der Waals surface area (Å²) in [5, 5.41) is 8.74. The molecule has 19 heavy (non-hydrogen) atoms. The number of hydrogen-bond donors (Lipinski definition) is 1. The number of ether oxygens (including phenoxy) is 1. The van der Waals surface area contributed by atoms with E-state index in [1.54, 1.807) is 7.11 Å². The zero-order chi connectivity index (χ0) is 13.9. The largest absolute Gasteiger partial charge is 0.383 e. The van der Waals surface area contributed by atoms with Gasteiger partial charge in [0.05, 0.1) is 23.0 Å². The van der Waals surface area contributed by atoms with Crippen LogP contribution in [0.4, 0.5) is 0 Å². The molecule has 4 nitrogen and oxygen atoms in total. The van der Waals surface area contributed by atoms with E-state index in [0.717, 1.165) is 36.8 Å². The fourth-order valence-corrected chi connectivity index (χ4v) is 3.07. The van der Waals surface area contributed by atoms with Gasteiger partial charge in [0.15, 0.2) is 0 Å². The molecule has 0 unspecified atom stereocenters. The molecule has 108 valence electrons. The normalized spacial score (nSPS) is 17.5. The van der Waals surface area contributed by atoms with Crippen LogP contribution in [0.15, 0.2) is 0 Å². The van der Waals surface area contributed by atoms with E-state index in [4.69, 9.17) is 16.3 Å². The minimum atomic E-state index is 0.359. The van der Waals surface area contributed by atoms with Crippen LogP contribution in [0.3, 0.4) is 0 Å². The summed E-state index contributed by atoms with van der Waals surface area (Å²) < 4.78 is 7.01. The fourth-order valence-electron chi connectivity index (χ4n) is 2.85. The van der Waals surface area contributed by atoms with Crippen molar-refractivity contribution in [3.8, 4) is 0 Å². The van der Waals surface area contributed by atoms with E-state index < -0.39 is 0 Å². The van der Waals surface area contributed by atoms with Gasteiger partial charge in [-0.3, -0.25) is 4.68 Å². The van der Waals surface area contributed by atoms with Crippen LogP contribution in [0, 0.1) is 12.3 Å². The second-order valence-corrected chi connectivity index (χ2v) is 6.05. The molecule has 0 spiro atoms. The summed E-state index contributed by atoms with van der Waals surface area (Å²) in [6.07, 6.45) is 4.88. The molecular weight excluding hydrogens is 262 g/mol. The lowest BCUT2D eigenvalue weighted by atomic mass is 9.66. The summed E-state index contributed by atoms with van der Waals surface area (Å²) in [7, 11) is 3.72. The quantitative estimate of drug-likeness (QED) is 0.782. The highest BCUT2D eigenvalue weighted by Crippen LogP contribution is 2.44. The molecule has 0 radical (unpaired) electrons. The monoisotopic (exact) mass is 285 g/mol. The highest BCUT2D eigenvalue weighted by atomic mass is 35.5. The van der Waals surface area contributed by atoms with Gasteiger partial charge in [-0.1, -0.05) is 18.0 Å². The van der Waals surface area contributed by atoms with E-state index in [1.807, 2.05) is 18.7 Å². The molecule has 0 bridgehead atoms. The summed E-state index contributed by atoms with van der Waals surface area (Å²) in [4.78, 5) is 0. The Bertz CT molecular complexity index is 427. The van der Waals surface area contributed by atoms with Crippen LogP contribution in [0.2, 0.25) is 5.02 Å². The predicted molar refractivity (Wildman–Crippen MR) is 77.7 cm³/mol. The third-order valence-electron chi connectivity index (χ3n) is 4.20. The Hall–Kier alpha value is -0.580. The van der Waals surface area contributed by atoms with Crippen molar-refractivity contribution in [2.45, 2.75) is 32.6 Å². The zero-order valence-electron chi connectivity index (χ0n) is 12.1. The standard InChI is InChI=1S/C14H24ClN3O/c1-11-13(15)12(18(2)17-11)9-14(5-4-6-14)10-16-7-8-19-3/h16H,4-10H2,1-3H3. The van der Waals surface area contributed by atoms with Gasteiger partial charge in [-0.2, -0.15) is 5.10 Å². The molecule has 1 heterocycles. The molecule has 1 N–H and O–H groups in total. The Labute approximate surface area is 120 Å². The number of nitrogens with one attached hydrogen (secondary N) is 1. The first kappa shape index (κ1) is 14.8. The number of halogens is 1. The molecule has 2 rings (SSSR count). The van der Waals surface area contributed by atoms with E-state index in [1.165, 1.54) is 25.0 Å². The molecule has 5 heteroatoms. The van der Waals surface area contributed by atoms with Gasteiger partial charge in [-0.05, 0) is 31.6 Å². The Balaban J connectivity index is 1.98. The molecule has 0 atom stereocenters. The highest BCUT2D eigenvalue weighted by Gasteiger charge is 2.38. The van der Waals surface area contributed by atoms with Gasteiger partial charge in [-0.25, -0.2) is 0 Å². The average Bonchev–Trinajstić information content (AvgIpc) is 2.57. The smallest absolute Gasteiger partial charge is 0.0847 e. The number of hydrogen-bond acceptors (Lipinski definition) is 3. The number of methoxy groups -OCH3 is 1. The van der Waals surface area contributed by atoms with Crippen LogP contribution in [0.25, 0.3) is 0 Å². The van der Waals surface area contributed by atoms with Crippen molar-refractivity contribution in [3.05, 3.63) is 16.4 Å². The van der Waals surface area contributed by atoms with Crippen LogP contribution in [-0.4, -0.2) is 36.6 Å². The lowest BCUT2D eigenvalue weighted by Gasteiger charge is -2.42. The third kappa shape index (κ3) is 3.30. The van der Waals surface area contributed by atoms with E-state index in [0.29, 0.717) is 5.41 Å². The molecule has 0 aromatic carbocycles. The molecule has 1 aliphatic carbocycles. The van der Waals surface area contributed by atoms with Crippen molar-refractivity contribution >= 4 is 11.6 Å². The number of aryl methyl sites for hydroxylation is 2. The Morgan fingerprint density at radius 1 is 1.47 bits per heavy atom. The van der Waals surface area contributed by atoms with Gasteiger partial charge in [-0.15, -0.1) is 0 Å². The maximum atomic E-state index is 6.36. The lowest BCUT2D eigenvalue weighted by Crippen LogP contribution is -2.43. The van der Waals surface area contributed by atoms with Crippen LogP contribution >= 0.6 is 11.6 Å². The lowest BCUT2D eigenvalue weighted by molar-refractivity contribution is 0.120. The first-order chi connectivity index (χ1) is 9.08. The van der Waals surface area contributed by atoms with Gasteiger partial charge in [0.25, 0.3) is 0 Å². The summed E-state index contributed by atoms with van der Waals surface area (Å²) in [5.41, 5.74) is 2.46. The van der Waals surface area contributed by atoms with E-state index >= 15 is 0 Å². The first-order valence-electron chi connectivity index (χ1n) is 6.96. The predicted octanol–water partition coefficient (Wildman–Crippen LogP) is 2.33. The second kappa shape index (κ2) is 6.25. The van der Waals surface area contributed by atoms with Crippen LogP contribution in [0.1, 0.15) is 30.7 Å². The SMILES string of the molecule is COCCNCC1(Cc2c(Cl)c(C)nn2C)CCC1. The fraction of sp³-hybridized carbons (Fsp3) is 0.786. The maximum absolute atomic E-state index is 6.36. The van der Waals surface area contributed by atoms with E-state index in [9.17, 15) is 0 Å². The van der Waals surface area contributed by atoms with E-state index in [2.05, 4.69) is 10.4 Å². The Morgan fingerprint density at radius 3 is 2.68 bits per heavy atom. The molecule has 1 aliphatic rings. The van der Waals surface area contributed by atoms with Gasteiger partial charge < -0.3 is 10.1 Å². The Kier molecular flexibility index (Phi) is 4.87. The van der Waals surface area contributed by atoms with Crippen LogP contribution in [-0.2, 0) is 18.2 Å². The molecular formula is C14H24ClN3O. The molecule has 1 saturated carbocycles. The van der Waals surface area contributed by atoms with Gasteiger partial charge in [0, 0.05) is 27.2 Å². The summed E-state index contributed by atoms with van der Waals surface area (Å²) >= 11 is 6.36. The number of rotatable bonds is 7. The van der Waals surface area contributed by atoms with Crippen LogP contribution < -0.4 is 5.32 Å². The molecule has 1 aromatic heterocycles. The van der Waals surface area contributed by atoms with Gasteiger partial charge >= 0.3 is 0 Å². The molecule has 0 aliphatic heterocycles. The molecule has 1 aromatic rings. The molecule has 1 fully saturated rings. The third-order valence-corrected chi connectivity index (χ3v) is 4.69. The summed E-state index contributed by atoms with van der Waals surface area (Å²) in [6.45, 7) is 4.69.